The zero-order chi connectivity index (χ0) is 15.4. The molecule has 0 radical (unpaired) electrons. The molecule has 1 unspecified atom stereocenters. The van der Waals surface area contributed by atoms with Crippen molar-refractivity contribution >= 4 is 5.91 Å². The van der Waals surface area contributed by atoms with Gasteiger partial charge in [-0.05, 0) is 39.2 Å². The molecular formula is C16H25N3O3. The second-order valence-corrected chi connectivity index (χ2v) is 6.40. The van der Waals surface area contributed by atoms with E-state index in [4.69, 9.17) is 9.26 Å². The van der Waals surface area contributed by atoms with Gasteiger partial charge in [-0.15, -0.1) is 0 Å². The molecule has 0 bridgehead atoms. The highest BCUT2D eigenvalue weighted by atomic mass is 16.5. The van der Waals surface area contributed by atoms with Gasteiger partial charge in [0.15, 0.2) is 0 Å². The molecule has 0 aromatic carbocycles. The predicted molar refractivity (Wildman–Crippen MR) is 81.2 cm³/mol. The molecule has 0 spiro atoms. The second kappa shape index (κ2) is 7.24. The molecule has 6 nitrogen and oxygen atoms in total. The molecule has 3 heterocycles. The van der Waals surface area contributed by atoms with E-state index in [2.05, 4.69) is 15.4 Å². The maximum absolute atomic E-state index is 12.5. The number of hydrogen-bond donors (Lipinski definition) is 1. The highest BCUT2D eigenvalue weighted by Crippen LogP contribution is 2.19. The van der Waals surface area contributed by atoms with Gasteiger partial charge in [0, 0.05) is 38.4 Å². The Morgan fingerprint density at radius 2 is 2.23 bits per heavy atom. The van der Waals surface area contributed by atoms with Gasteiger partial charge in [-0.1, -0.05) is 5.16 Å². The van der Waals surface area contributed by atoms with Crippen LogP contribution >= 0.6 is 0 Å². The fraction of sp³-hybridized carbons (Fsp3) is 0.750. The number of aryl methyl sites for hydroxylation is 1. The first-order chi connectivity index (χ1) is 10.7. The van der Waals surface area contributed by atoms with Gasteiger partial charge in [0.1, 0.15) is 5.76 Å². The summed E-state index contributed by atoms with van der Waals surface area (Å²) in [6, 6.07) is 2.25. The molecule has 1 atom stereocenters. The van der Waals surface area contributed by atoms with Crippen molar-refractivity contribution in [2.75, 3.05) is 26.3 Å². The van der Waals surface area contributed by atoms with E-state index in [1.165, 1.54) is 0 Å². The average Bonchev–Trinajstić information content (AvgIpc) is 2.93. The van der Waals surface area contributed by atoms with Crippen LogP contribution in [0.5, 0.6) is 0 Å². The molecule has 1 N–H and O–H groups in total. The fourth-order valence-electron chi connectivity index (χ4n) is 3.30. The van der Waals surface area contributed by atoms with Crippen molar-refractivity contribution in [1.82, 2.24) is 15.4 Å². The second-order valence-electron chi connectivity index (χ2n) is 6.40. The first kappa shape index (κ1) is 15.5. The molecule has 2 saturated heterocycles. The summed E-state index contributed by atoms with van der Waals surface area (Å²) in [5.74, 6) is 1.12. The maximum Gasteiger partial charge on any atom is 0.224 e. The van der Waals surface area contributed by atoms with Crippen LogP contribution in [0.3, 0.4) is 0 Å². The molecule has 6 heteroatoms. The number of hydrogen-bond acceptors (Lipinski definition) is 5. The van der Waals surface area contributed by atoms with E-state index in [0.29, 0.717) is 0 Å². The quantitative estimate of drug-likeness (QED) is 0.913. The summed E-state index contributed by atoms with van der Waals surface area (Å²) in [5, 5.41) is 7.24. The lowest BCUT2D eigenvalue weighted by molar-refractivity contribution is -0.128. The summed E-state index contributed by atoms with van der Waals surface area (Å²) in [7, 11) is 0. The lowest BCUT2D eigenvalue weighted by Gasteiger charge is -2.33. The molecule has 2 aliphatic heterocycles. The van der Waals surface area contributed by atoms with Gasteiger partial charge < -0.3 is 14.6 Å². The Morgan fingerprint density at radius 1 is 1.41 bits per heavy atom. The van der Waals surface area contributed by atoms with Crippen molar-refractivity contribution in [2.45, 2.75) is 45.2 Å². The van der Waals surface area contributed by atoms with Crippen molar-refractivity contribution in [3.8, 4) is 0 Å². The first-order valence-corrected chi connectivity index (χ1v) is 8.23. The first-order valence-electron chi connectivity index (χ1n) is 8.23. The number of nitrogens with one attached hydrogen (secondary N) is 1. The van der Waals surface area contributed by atoms with Gasteiger partial charge in [-0.25, -0.2) is 0 Å². The normalized spacial score (nSPS) is 24.3. The van der Waals surface area contributed by atoms with Gasteiger partial charge in [0.05, 0.1) is 11.6 Å². The standard InChI is InChI=1S/C16H25N3O3/c1-12-9-15(18-22-12)11-19-6-2-3-13(10-19)16(20)17-14-4-7-21-8-5-14/h9,13-14H,2-8,10-11H2,1H3,(H,17,20). The summed E-state index contributed by atoms with van der Waals surface area (Å²) >= 11 is 0. The number of amides is 1. The zero-order valence-electron chi connectivity index (χ0n) is 13.2. The van der Waals surface area contributed by atoms with E-state index in [-0.39, 0.29) is 17.9 Å². The highest BCUT2D eigenvalue weighted by Gasteiger charge is 2.28. The number of nitrogens with zero attached hydrogens (tertiary/aromatic N) is 2. The summed E-state index contributed by atoms with van der Waals surface area (Å²) in [6.45, 7) is 6.00. The number of carbonyl (C=O) groups is 1. The van der Waals surface area contributed by atoms with Crippen LogP contribution < -0.4 is 5.32 Å². The van der Waals surface area contributed by atoms with Crippen molar-refractivity contribution in [2.24, 2.45) is 5.92 Å². The zero-order valence-corrected chi connectivity index (χ0v) is 13.2. The molecule has 1 aromatic heterocycles. The lowest BCUT2D eigenvalue weighted by atomic mass is 9.96. The number of aromatic nitrogens is 1. The molecule has 1 amide bonds. The van der Waals surface area contributed by atoms with Gasteiger partial charge in [-0.2, -0.15) is 0 Å². The van der Waals surface area contributed by atoms with E-state index in [1.54, 1.807) is 0 Å². The van der Waals surface area contributed by atoms with E-state index in [9.17, 15) is 4.79 Å². The molecule has 22 heavy (non-hydrogen) atoms. The van der Waals surface area contributed by atoms with E-state index in [0.717, 1.165) is 70.0 Å². The topological polar surface area (TPSA) is 67.6 Å². The third kappa shape index (κ3) is 4.08. The summed E-state index contributed by atoms with van der Waals surface area (Å²) < 4.78 is 10.4. The maximum atomic E-state index is 12.5. The summed E-state index contributed by atoms with van der Waals surface area (Å²) in [5.41, 5.74) is 0.947. The Bertz CT molecular complexity index is 497. The predicted octanol–water partition coefficient (Wildman–Crippen LogP) is 1.49. The Labute approximate surface area is 131 Å². The number of carbonyl (C=O) groups excluding carboxylic acids is 1. The van der Waals surface area contributed by atoms with Crippen LogP contribution in [-0.2, 0) is 16.1 Å². The Morgan fingerprint density at radius 3 is 2.95 bits per heavy atom. The largest absolute Gasteiger partial charge is 0.381 e. The Balaban J connectivity index is 1.49. The molecule has 2 aliphatic rings. The molecule has 122 valence electrons. The van der Waals surface area contributed by atoms with Crippen LogP contribution in [0.1, 0.15) is 37.1 Å². The van der Waals surface area contributed by atoms with Crippen LogP contribution in [-0.4, -0.2) is 48.3 Å². The van der Waals surface area contributed by atoms with E-state index in [1.807, 2.05) is 13.0 Å². The Kier molecular flexibility index (Phi) is 5.10. The van der Waals surface area contributed by atoms with Gasteiger partial charge in [-0.3, -0.25) is 9.69 Å². The van der Waals surface area contributed by atoms with Crippen molar-refractivity contribution in [3.63, 3.8) is 0 Å². The molecule has 0 saturated carbocycles. The lowest BCUT2D eigenvalue weighted by Crippen LogP contribution is -2.47. The van der Waals surface area contributed by atoms with Gasteiger partial charge >= 0.3 is 0 Å². The van der Waals surface area contributed by atoms with Crippen molar-refractivity contribution < 1.29 is 14.1 Å². The van der Waals surface area contributed by atoms with Crippen molar-refractivity contribution in [1.29, 1.82) is 0 Å². The van der Waals surface area contributed by atoms with Crippen LogP contribution in [0, 0.1) is 12.8 Å². The molecule has 1 aromatic rings. The number of rotatable bonds is 4. The third-order valence-electron chi connectivity index (χ3n) is 4.51. The molecular weight excluding hydrogens is 282 g/mol. The minimum atomic E-state index is 0.0876. The summed E-state index contributed by atoms with van der Waals surface area (Å²) in [4.78, 5) is 14.8. The highest BCUT2D eigenvalue weighted by molar-refractivity contribution is 5.79. The van der Waals surface area contributed by atoms with E-state index < -0.39 is 0 Å². The van der Waals surface area contributed by atoms with Crippen LogP contribution in [0.2, 0.25) is 0 Å². The minimum absolute atomic E-state index is 0.0876. The SMILES string of the molecule is Cc1cc(CN2CCCC(C(=O)NC3CCOCC3)C2)no1. The van der Waals surface area contributed by atoms with Gasteiger partial charge in [0.25, 0.3) is 0 Å². The van der Waals surface area contributed by atoms with Crippen LogP contribution in [0.4, 0.5) is 0 Å². The summed E-state index contributed by atoms with van der Waals surface area (Å²) in [6.07, 6.45) is 3.90. The third-order valence-corrected chi connectivity index (χ3v) is 4.51. The minimum Gasteiger partial charge on any atom is -0.381 e. The molecule has 3 rings (SSSR count). The van der Waals surface area contributed by atoms with Crippen molar-refractivity contribution in [3.05, 3.63) is 17.5 Å². The molecule has 0 aliphatic carbocycles. The van der Waals surface area contributed by atoms with E-state index >= 15 is 0 Å². The van der Waals surface area contributed by atoms with Crippen LogP contribution in [0.25, 0.3) is 0 Å². The number of piperidine rings is 1. The Hall–Kier alpha value is -1.40. The molecule has 2 fully saturated rings. The number of ether oxygens (including phenoxy) is 1. The smallest absolute Gasteiger partial charge is 0.224 e. The van der Waals surface area contributed by atoms with Crippen LogP contribution in [0.15, 0.2) is 10.6 Å². The fourth-order valence-corrected chi connectivity index (χ4v) is 3.30. The average molecular weight is 307 g/mol. The van der Waals surface area contributed by atoms with Gasteiger partial charge in [0.2, 0.25) is 5.91 Å². The monoisotopic (exact) mass is 307 g/mol. The number of likely N-dealkylation sites (tertiary alicyclic amines) is 1.